The SMILES string of the molecule is CCO[C@@H](O[C@@H]1[C@@H](C)C(=O)[C@](C)(F)C(=O)O[C@H](CC)[C@@]2(C)OC(=O)N(CC#CCn3cc(-c4ncccn4)nn3)[C@@H]2[C@@H](C)C(=O)[C@H](C)C[C@@]1(C)OC)C(O)C(CC)N(C)C. The molecule has 17 nitrogen and oxygen atoms in total. The monoisotopic (exact) mass is 843 g/mol. The van der Waals surface area contributed by atoms with Gasteiger partial charge in [-0.3, -0.25) is 14.5 Å². The van der Waals surface area contributed by atoms with E-state index in [4.69, 9.17) is 23.7 Å². The third-order valence-electron chi connectivity index (χ3n) is 11.9. The fraction of sp³-hybridized carbons (Fsp3) is 0.714. The van der Waals surface area contributed by atoms with Gasteiger partial charge in [-0.25, -0.2) is 28.6 Å². The van der Waals surface area contributed by atoms with Crippen LogP contribution in [0.3, 0.4) is 0 Å². The van der Waals surface area contributed by atoms with Crippen molar-refractivity contribution < 1.29 is 52.4 Å². The summed E-state index contributed by atoms with van der Waals surface area (Å²) in [5, 5.41) is 19.7. The van der Waals surface area contributed by atoms with Crippen LogP contribution >= 0.6 is 0 Å². The number of aliphatic hydroxyl groups is 1. The Hall–Kier alpha value is -4.41. The number of ketones is 2. The van der Waals surface area contributed by atoms with Crippen molar-refractivity contribution in [1.82, 2.24) is 34.8 Å². The molecular weight excluding hydrogens is 781 g/mol. The summed E-state index contributed by atoms with van der Waals surface area (Å²) in [6, 6.07) is 0.193. The third kappa shape index (κ3) is 10.0. The molecule has 4 rings (SSSR count). The van der Waals surface area contributed by atoms with Crippen LogP contribution in [-0.4, -0.2) is 151 Å². The van der Waals surface area contributed by atoms with Crippen molar-refractivity contribution in [1.29, 1.82) is 0 Å². The van der Waals surface area contributed by atoms with Crippen LogP contribution < -0.4 is 0 Å². The lowest BCUT2D eigenvalue weighted by Gasteiger charge is -2.45. The van der Waals surface area contributed by atoms with Crippen LogP contribution in [0.25, 0.3) is 11.5 Å². The smallest absolute Gasteiger partial charge is 0.411 e. The van der Waals surface area contributed by atoms with E-state index in [-0.39, 0.29) is 38.3 Å². The highest BCUT2D eigenvalue weighted by Gasteiger charge is 2.61. The molecule has 2 aliphatic heterocycles. The lowest BCUT2D eigenvalue weighted by molar-refractivity contribution is -0.266. The zero-order chi connectivity index (χ0) is 44.7. The largest absolute Gasteiger partial charge is 0.455 e. The number of fused-ring (bicyclic) bond motifs is 1. The number of aromatic nitrogens is 5. The van der Waals surface area contributed by atoms with Crippen LogP contribution in [0, 0.1) is 29.6 Å². The van der Waals surface area contributed by atoms with Crippen LogP contribution in [0.15, 0.2) is 24.7 Å². The fourth-order valence-electron chi connectivity index (χ4n) is 8.65. The number of methoxy groups -OCH3 is 1. The number of ether oxygens (including phenoxy) is 5. The number of halogens is 1. The molecule has 18 heteroatoms. The number of aliphatic hydroxyl groups excluding tert-OH is 1. The van der Waals surface area contributed by atoms with Crippen molar-refractivity contribution in [2.75, 3.05) is 34.4 Å². The molecule has 0 aromatic carbocycles. The van der Waals surface area contributed by atoms with Gasteiger partial charge >= 0.3 is 12.1 Å². The number of likely N-dealkylation sites (N-methyl/N-ethyl adjacent to an activating group) is 1. The van der Waals surface area contributed by atoms with Gasteiger partial charge in [0.15, 0.2) is 23.5 Å². The van der Waals surface area contributed by atoms with Gasteiger partial charge in [-0.2, -0.15) is 0 Å². The van der Waals surface area contributed by atoms with Gasteiger partial charge in [0.25, 0.3) is 5.67 Å². The van der Waals surface area contributed by atoms with E-state index >= 15 is 4.39 Å². The lowest BCUT2D eigenvalue weighted by Crippen LogP contribution is -2.61. The van der Waals surface area contributed by atoms with E-state index in [2.05, 4.69) is 32.1 Å². The summed E-state index contributed by atoms with van der Waals surface area (Å²) in [5.74, 6) is 0.202. The van der Waals surface area contributed by atoms with Crippen LogP contribution in [0.2, 0.25) is 0 Å². The molecule has 0 bridgehead atoms. The molecule has 0 spiro atoms. The van der Waals surface area contributed by atoms with Gasteiger partial charge in [-0.15, -0.1) is 5.10 Å². The minimum Gasteiger partial charge on any atom is -0.455 e. The first-order valence-corrected chi connectivity index (χ1v) is 20.5. The molecule has 4 heterocycles. The summed E-state index contributed by atoms with van der Waals surface area (Å²) in [5.41, 5.74) is -5.95. The topological polar surface area (TPSA) is 198 Å². The van der Waals surface area contributed by atoms with Crippen LogP contribution in [0.1, 0.15) is 81.6 Å². The second kappa shape index (κ2) is 20.0. The molecule has 60 heavy (non-hydrogen) atoms. The van der Waals surface area contributed by atoms with E-state index in [1.807, 2.05) is 11.8 Å². The van der Waals surface area contributed by atoms with Crippen LogP contribution in [0.5, 0.6) is 0 Å². The number of esters is 1. The Morgan fingerprint density at radius 3 is 2.27 bits per heavy atom. The maximum Gasteiger partial charge on any atom is 0.411 e. The van der Waals surface area contributed by atoms with Gasteiger partial charge in [0.2, 0.25) is 0 Å². The maximum atomic E-state index is 16.9. The summed E-state index contributed by atoms with van der Waals surface area (Å²) < 4.78 is 48.7. The van der Waals surface area contributed by atoms with Crippen molar-refractivity contribution >= 4 is 23.6 Å². The van der Waals surface area contributed by atoms with Gasteiger partial charge in [-0.1, -0.05) is 51.7 Å². The molecule has 0 aliphatic carbocycles. The number of nitrogens with zero attached hydrogens (tertiary/aromatic N) is 7. The second-order valence-electron chi connectivity index (χ2n) is 16.4. The molecular formula is C42H62FN7O10. The second-order valence-corrected chi connectivity index (χ2v) is 16.4. The van der Waals surface area contributed by atoms with Gasteiger partial charge in [0, 0.05) is 49.9 Å². The molecule has 332 valence electrons. The minimum atomic E-state index is -3.22. The molecule has 12 atom stereocenters. The Kier molecular flexibility index (Phi) is 16.1. The number of Topliss-reactive ketones (excluding diaryl/α,β-unsaturated/α-hetero) is 2. The number of rotatable bonds is 13. The van der Waals surface area contributed by atoms with Gasteiger partial charge in [-0.05, 0) is 67.1 Å². The fourth-order valence-corrected chi connectivity index (χ4v) is 8.65. The number of carbonyl (C=O) groups excluding carboxylic acids is 4. The van der Waals surface area contributed by atoms with Gasteiger partial charge < -0.3 is 33.7 Å². The molecule has 1 amide bonds. The minimum absolute atomic E-state index is 0.0352. The van der Waals surface area contributed by atoms with E-state index in [0.717, 1.165) is 6.92 Å². The zero-order valence-corrected chi connectivity index (χ0v) is 36.9. The first-order chi connectivity index (χ1) is 28.2. The summed E-state index contributed by atoms with van der Waals surface area (Å²) in [6.45, 7) is 14.0. The van der Waals surface area contributed by atoms with E-state index in [0.29, 0.717) is 17.9 Å². The number of hydrogen-bond acceptors (Lipinski definition) is 15. The van der Waals surface area contributed by atoms with Gasteiger partial charge in [0.1, 0.15) is 30.2 Å². The van der Waals surface area contributed by atoms with E-state index in [1.165, 1.54) is 30.5 Å². The molecule has 2 aromatic rings. The highest BCUT2D eigenvalue weighted by molar-refractivity contribution is 6.08. The average molecular weight is 844 g/mol. The summed E-state index contributed by atoms with van der Waals surface area (Å²) >= 11 is 0. The Labute approximate surface area is 352 Å². The molecule has 1 N–H and O–H groups in total. The molecule has 0 saturated carbocycles. The Morgan fingerprint density at radius 1 is 1.03 bits per heavy atom. The number of amides is 1. The van der Waals surface area contributed by atoms with Crippen molar-refractivity contribution in [2.24, 2.45) is 17.8 Å². The summed E-state index contributed by atoms with van der Waals surface area (Å²) in [6.07, 6.45) is -0.701. The summed E-state index contributed by atoms with van der Waals surface area (Å²) in [7, 11) is 4.97. The highest BCUT2D eigenvalue weighted by Crippen LogP contribution is 2.43. The predicted octanol–water partition coefficient (Wildman–Crippen LogP) is 3.67. The lowest BCUT2D eigenvalue weighted by atomic mass is 9.73. The molecule has 2 fully saturated rings. The molecule has 2 aromatic heterocycles. The quantitative estimate of drug-likeness (QED) is 0.133. The van der Waals surface area contributed by atoms with E-state index < -0.39 is 89.2 Å². The van der Waals surface area contributed by atoms with Crippen molar-refractivity contribution in [3.63, 3.8) is 0 Å². The number of carbonyl (C=O) groups is 4. The van der Waals surface area contributed by atoms with E-state index in [1.54, 1.807) is 73.4 Å². The molecule has 2 unspecified atom stereocenters. The van der Waals surface area contributed by atoms with Crippen molar-refractivity contribution in [2.45, 2.75) is 142 Å². The predicted molar refractivity (Wildman–Crippen MR) is 215 cm³/mol. The van der Waals surface area contributed by atoms with Crippen molar-refractivity contribution in [3.8, 4) is 23.4 Å². The number of cyclic esters (lactones) is 1. The first-order valence-electron chi connectivity index (χ1n) is 20.5. The van der Waals surface area contributed by atoms with Crippen molar-refractivity contribution in [3.05, 3.63) is 24.7 Å². The Morgan fingerprint density at radius 2 is 1.68 bits per heavy atom. The zero-order valence-electron chi connectivity index (χ0n) is 36.9. The van der Waals surface area contributed by atoms with Gasteiger partial charge in [0.05, 0.1) is 30.5 Å². The third-order valence-corrected chi connectivity index (χ3v) is 11.9. The van der Waals surface area contributed by atoms with Crippen LogP contribution in [-0.2, 0) is 44.6 Å². The van der Waals surface area contributed by atoms with E-state index in [9.17, 15) is 24.3 Å². The first kappa shape index (κ1) is 48.3. The maximum absolute atomic E-state index is 16.9. The average Bonchev–Trinajstić information content (AvgIpc) is 3.80. The molecule has 2 aliphatic rings. The highest BCUT2D eigenvalue weighted by atomic mass is 19.1. The normalized spacial score (nSPS) is 32.0. The Balaban J connectivity index is 1.75. The molecule has 2 saturated heterocycles. The number of alkyl halides is 1. The Bertz CT molecular complexity index is 1870. The van der Waals surface area contributed by atoms with Crippen LogP contribution in [0.4, 0.5) is 9.18 Å². The summed E-state index contributed by atoms with van der Waals surface area (Å²) in [4.78, 5) is 68.1. The number of hydrogen-bond donors (Lipinski definition) is 1. The molecule has 0 radical (unpaired) electrons. The standard InChI is InChI=1S/C42H62FN7O10/c1-13-29(48(10)11)32(52)37(57-15-3)59-35-27(6)34(53)41(8,43)38(54)58-30(14-2)42(9)33(26(5)31(51)25(4)23-40(35,7)56-12)50(39(55)60-42)22-17-16-21-49-24-28(46-47-49)36-44-19-18-20-45-36/h18-20,24-27,29-30,32-33,35,37,52H,13-15,21-23H2,1-12H3/t25-,26+,27+,29?,30-,32?,33-,35-,37+,40-,41+,42-/m1/s1.